The van der Waals surface area contributed by atoms with Gasteiger partial charge in [-0.2, -0.15) is 18.3 Å². The van der Waals surface area contributed by atoms with Crippen LogP contribution in [0.1, 0.15) is 34.2 Å². The van der Waals surface area contributed by atoms with Crippen LogP contribution in [-0.2, 0) is 19.5 Å². The molecule has 1 aliphatic heterocycles. The first kappa shape index (κ1) is 20.8. The zero-order valence-electron chi connectivity index (χ0n) is 17.2. The van der Waals surface area contributed by atoms with Gasteiger partial charge in [-0.1, -0.05) is 6.92 Å². The number of pyridine rings is 2. The Bertz CT molecular complexity index is 1160. The Kier molecular flexibility index (Phi) is 5.16. The van der Waals surface area contributed by atoms with E-state index < -0.39 is 12.7 Å². The molecule has 3 aromatic heterocycles. The van der Waals surface area contributed by atoms with E-state index in [1.807, 2.05) is 19.9 Å². The molecule has 1 aliphatic rings. The van der Waals surface area contributed by atoms with Crippen molar-refractivity contribution < 1.29 is 22.7 Å². The summed E-state index contributed by atoms with van der Waals surface area (Å²) in [7, 11) is 1.58. The molecule has 0 bridgehead atoms. The summed E-state index contributed by atoms with van der Waals surface area (Å²) in [5, 5.41) is 3.73. The summed E-state index contributed by atoms with van der Waals surface area (Å²) in [4.78, 5) is 23.4. The smallest absolute Gasteiger partial charge is 0.408 e. The summed E-state index contributed by atoms with van der Waals surface area (Å²) >= 11 is 0. The van der Waals surface area contributed by atoms with Crippen LogP contribution in [0.5, 0.6) is 5.75 Å². The zero-order valence-corrected chi connectivity index (χ0v) is 17.2. The first-order chi connectivity index (χ1) is 14.7. The molecule has 0 fully saturated rings. The van der Waals surface area contributed by atoms with Crippen LogP contribution in [0.3, 0.4) is 0 Å². The predicted molar refractivity (Wildman–Crippen MR) is 107 cm³/mol. The van der Waals surface area contributed by atoms with Crippen molar-refractivity contribution >= 4 is 11.6 Å². The van der Waals surface area contributed by atoms with Crippen molar-refractivity contribution in [1.82, 2.24) is 19.7 Å². The van der Waals surface area contributed by atoms with E-state index in [9.17, 15) is 18.0 Å². The maximum absolute atomic E-state index is 12.9. The van der Waals surface area contributed by atoms with Gasteiger partial charge in [0.25, 0.3) is 5.91 Å². The Morgan fingerprint density at radius 3 is 2.68 bits per heavy atom. The number of hydrogen-bond donors (Lipinski definition) is 0. The first-order valence-electron chi connectivity index (χ1n) is 9.65. The molecule has 7 nitrogen and oxygen atoms in total. The number of methoxy groups -OCH3 is 1. The second kappa shape index (κ2) is 7.68. The standard InChI is InChI=1S/C21H20F3N5O2/c1-4-15-18(31-3)6-13(7-25-15)16-5-12(2)19-17(27-16)10-29(20(19)30)14-8-26-28(9-14)11-21(22,23)24/h5-9H,4,10-11H2,1-3H3. The van der Waals surface area contributed by atoms with Gasteiger partial charge in [-0.3, -0.25) is 24.3 Å². The Labute approximate surface area is 176 Å². The summed E-state index contributed by atoms with van der Waals surface area (Å²) in [6, 6.07) is 3.66. The average molecular weight is 431 g/mol. The lowest BCUT2D eigenvalue weighted by Gasteiger charge is -2.12. The van der Waals surface area contributed by atoms with E-state index >= 15 is 0 Å². The van der Waals surface area contributed by atoms with Crippen molar-refractivity contribution in [1.29, 1.82) is 0 Å². The van der Waals surface area contributed by atoms with Crippen molar-refractivity contribution in [3.05, 3.63) is 53.2 Å². The SMILES string of the molecule is CCc1ncc(-c2cc(C)c3c(n2)CN(c2cnn(CC(F)(F)F)c2)C3=O)cc1OC. The number of rotatable bonds is 5. The van der Waals surface area contributed by atoms with Crippen LogP contribution in [0, 0.1) is 6.92 Å². The number of amides is 1. The molecule has 4 rings (SSSR count). The molecule has 162 valence electrons. The van der Waals surface area contributed by atoms with E-state index in [1.165, 1.54) is 17.3 Å². The van der Waals surface area contributed by atoms with Crippen molar-refractivity contribution in [2.24, 2.45) is 0 Å². The number of hydrogen-bond acceptors (Lipinski definition) is 5. The summed E-state index contributed by atoms with van der Waals surface area (Å²) in [5.41, 5.74) is 4.27. The van der Waals surface area contributed by atoms with Gasteiger partial charge in [0.05, 0.1) is 48.2 Å². The predicted octanol–water partition coefficient (Wildman–Crippen LogP) is 3.94. The molecule has 31 heavy (non-hydrogen) atoms. The number of anilines is 1. The second-order valence-electron chi connectivity index (χ2n) is 7.28. The van der Waals surface area contributed by atoms with Crippen molar-refractivity contribution in [2.45, 2.75) is 39.5 Å². The molecule has 0 atom stereocenters. The number of nitrogens with zero attached hydrogens (tertiary/aromatic N) is 5. The highest BCUT2D eigenvalue weighted by molar-refractivity contribution is 6.10. The molecule has 0 N–H and O–H groups in total. The quantitative estimate of drug-likeness (QED) is 0.612. The van der Waals surface area contributed by atoms with Gasteiger partial charge in [0.15, 0.2) is 0 Å². The molecule has 0 aliphatic carbocycles. The number of ether oxygens (including phenoxy) is 1. The number of alkyl halides is 3. The summed E-state index contributed by atoms with van der Waals surface area (Å²) < 4.78 is 44.0. The molecular weight excluding hydrogens is 411 g/mol. The third kappa shape index (κ3) is 3.97. The molecule has 0 spiro atoms. The molecule has 10 heteroatoms. The normalized spacial score (nSPS) is 13.6. The maximum Gasteiger partial charge on any atom is 0.408 e. The van der Waals surface area contributed by atoms with Crippen LogP contribution in [-0.4, -0.2) is 38.9 Å². The molecule has 0 saturated carbocycles. The second-order valence-corrected chi connectivity index (χ2v) is 7.28. The number of aromatic nitrogens is 4. The number of fused-ring (bicyclic) bond motifs is 1. The molecule has 1 amide bonds. The third-order valence-corrected chi connectivity index (χ3v) is 5.11. The topological polar surface area (TPSA) is 73.1 Å². The molecule has 0 unspecified atom stereocenters. The van der Waals surface area contributed by atoms with Gasteiger partial charge in [0.1, 0.15) is 12.3 Å². The zero-order chi connectivity index (χ0) is 22.3. The van der Waals surface area contributed by atoms with E-state index in [-0.39, 0.29) is 12.5 Å². The fourth-order valence-corrected chi connectivity index (χ4v) is 3.68. The van der Waals surface area contributed by atoms with Crippen LogP contribution in [0.15, 0.2) is 30.7 Å². The fourth-order valence-electron chi connectivity index (χ4n) is 3.68. The highest BCUT2D eigenvalue weighted by Gasteiger charge is 2.34. The fraction of sp³-hybridized carbons (Fsp3) is 0.333. The van der Waals surface area contributed by atoms with E-state index in [1.54, 1.807) is 19.4 Å². The van der Waals surface area contributed by atoms with E-state index in [0.717, 1.165) is 27.9 Å². The van der Waals surface area contributed by atoms with Crippen LogP contribution in [0.4, 0.5) is 18.9 Å². The van der Waals surface area contributed by atoms with Gasteiger partial charge in [-0.05, 0) is 31.0 Å². The van der Waals surface area contributed by atoms with Gasteiger partial charge in [-0.25, -0.2) is 0 Å². The maximum atomic E-state index is 12.9. The Hall–Kier alpha value is -3.43. The summed E-state index contributed by atoms with van der Waals surface area (Å²) in [6.07, 6.45) is 0.517. The summed E-state index contributed by atoms with van der Waals surface area (Å²) in [6.45, 7) is 2.73. The Morgan fingerprint density at radius 1 is 1.23 bits per heavy atom. The molecule has 0 radical (unpaired) electrons. The van der Waals surface area contributed by atoms with Crippen LogP contribution >= 0.6 is 0 Å². The number of aryl methyl sites for hydroxylation is 2. The van der Waals surface area contributed by atoms with Gasteiger partial charge in [0, 0.05) is 18.0 Å². The monoisotopic (exact) mass is 431 g/mol. The van der Waals surface area contributed by atoms with Gasteiger partial charge >= 0.3 is 6.18 Å². The first-order valence-corrected chi connectivity index (χ1v) is 9.65. The largest absolute Gasteiger partial charge is 0.495 e. The van der Waals surface area contributed by atoms with Crippen LogP contribution in [0.2, 0.25) is 0 Å². The van der Waals surface area contributed by atoms with Crippen molar-refractivity contribution in [2.75, 3.05) is 12.0 Å². The van der Waals surface area contributed by atoms with Crippen molar-refractivity contribution in [3.8, 4) is 17.0 Å². The number of carbonyl (C=O) groups is 1. The Balaban J connectivity index is 1.66. The van der Waals surface area contributed by atoms with Crippen molar-refractivity contribution in [3.63, 3.8) is 0 Å². The lowest BCUT2D eigenvalue weighted by atomic mass is 10.0. The minimum atomic E-state index is -4.39. The van der Waals surface area contributed by atoms with E-state index in [4.69, 9.17) is 4.74 Å². The number of carbonyl (C=O) groups excluding carboxylic acids is 1. The highest BCUT2D eigenvalue weighted by atomic mass is 19.4. The molecule has 4 heterocycles. The number of halogens is 3. The highest BCUT2D eigenvalue weighted by Crippen LogP contribution is 2.33. The molecule has 3 aromatic rings. The average Bonchev–Trinajstić information content (AvgIpc) is 3.30. The summed E-state index contributed by atoms with van der Waals surface area (Å²) in [5.74, 6) is 0.352. The lowest BCUT2D eigenvalue weighted by molar-refractivity contribution is -0.142. The van der Waals surface area contributed by atoms with E-state index in [0.29, 0.717) is 28.4 Å². The van der Waals surface area contributed by atoms with Crippen LogP contribution in [0.25, 0.3) is 11.3 Å². The van der Waals surface area contributed by atoms with Crippen LogP contribution < -0.4 is 9.64 Å². The molecular formula is C21H20F3N5O2. The molecule has 0 aromatic carbocycles. The minimum Gasteiger partial charge on any atom is -0.495 e. The van der Waals surface area contributed by atoms with Gasteiger partial charge < -0.3 is 4.74 Å². The minimum absolute atomic E-state index is 0.151. The van der Waals surface area contributed by atoms with Gasteiger partial charge in [-0.15, -0.1) is 0 Å². The lowest BCUT2D eigenvalue weighted by Crippen LogP contribution is -2.23. The third-order valence-electron chi connectivity index (χ3n) is 5.11. The van der Waals surface area contributed by atoms with E-state index in [2.05, 4.69) is 15.1 Å². The Morgan fingerprint density at radius 2 is 2.00 bits per heavy atom. The van der Waals surface area contributed by atoms with Gasteiger partial charge in [0.2, 0.25) is 0 Å². The molecule has 0 saturated heterocycles.